The summed E-state index contributed by atoms with van der Waals surface area (Å²) in [5.74, 6) is -0.147. The van der Waals surface area contributed by atoms with Gasteiger partial charge in [0, 0.05) is 29.2 Å². The molecule has 100 valence electrons. The number of aliphatic hydroxyl groups is 1. The van der Waals surface area contributed by atoms with E-state index >= 15 is 0 Å². The Hall–Kier alpha value is -0.450. The quantitative estimate of drug-likeness (QED) is 0.921. The van der Waals surface area contributed by atoms with Gasteiger partial charge in [-0.05, 0) is 44.0 Å². The fourth-order valence-corrected chi connectivity index (χ4v) is 3.04. The van der Waals surface area contributed by atoms with E-state index < -0.39 is 0 Å². The monoisotopic (exact) mass is 315 g/mol. The van der Waals surface area contributed by atoms with Crippen molar-refractivity contribution in [1.29, 1.82) is 0 Å². The van der Waals surface area contributed by atoms with Gasteiger partial charge in [0.1, 0.15) is 5.82 Å². The molecule has 4 heteroatoms. The van der Waals surface area contributed by atoms with Gasteiger partial charge in [-0.1, -0.05) is 22.4 Å². The second-order valence-corrected chi connectivity index (χ2v) is 5.78. The summed E-state index contributed by atoms with van der Waals surface area (Å²) < 4.78 is 14.7. The molecule has 0 aliphatic carbocycles. The zero-order valence-corrected chi connectivity index (χ0v) is 12.0. The van der Waals surface area contributed by atoms with Gasteiger partial charge in [0.2, 0.25) is 0 Å². The van der Waals surface area contributed by atoms with Gasteiger partial charge in [0.15, 0.2) is 0 Å². The molecule has 0 aromatic heterocycles. The molecule has 2 rings (SSSR count). The lowest BCUT2D eigenvalue weighted by Gasteiger charge is -2.35. The summed E-state index contributed by atoms with van der Waals surface area (Å²) in [6, 6.07) is 5.46. The molecule has 1 fully saturated rings. The summed E-state index contributed by atoms with van der Waals surface area (Å²) in [6.45, 7) is 1.84. The summed E-state index contributed by atoms with van der Waals surface area (Å²) in [6.07, 6.45) is 4.27. The van der Waals surface area contributed by atoms with Crippen molar-refractivity contribution in [3.05, 3.63) is 34.1 Å². The minimum absolute atomic E-state index is 0.147. The standard InChI is InChI=1S/C14H19BrFNO/c15-12-4-5-14(16)11(9-12)10-17-7-2-1-3-13(17)6-8-18/h4-5,9,13,18H,1-3,6-8,10H2/t13-/m1/s1. The maximum atomic E-state index is 13.7. The average molecular weight is 316 g/mol. The Balaban J connectivity index is 2.08. The summed E-state index contributed by atoms with van der Waals surface area (Å²) in [7, 11) is 0. The predicted octanol–water partition coefficient (Wildman–Crippen LogP) is 3.33. The number of benzene rings is 1. The Labute approximate surface area is 116 Å². The van der Waals surface area contributed by atoms with Crippen molar-refractivity contribution in [2.24, 2.45) is 0 Å². The average Bonchev–Trinajstić information content (AvgIpc) is 2.36. The van der Waals surface area contributed by atoms with E-state index in [2.05, 4.69) is 20.8 Å². The van der Waals surface area contributed by atoms with Crippen LogP contribution in [0.25, 0.3) is 0 Å². The lowest BCUT2D eigenvalue weighted by atomic mass is 9.99. The van der Waals surface area contributed by atoms with E-state index in [-0.39, 0.29) is 12.4 Å². The zero-order valence-electron chi connectivity index (χ0n) is 10.4. The van der Waals surface area contributed by atoms with Crippen LogP contribution in [-0.4, -0.2) is 29.2 Å². The molecule has 1 aromatic carbocycles. The molecule has 0 spiro atoms. The van der Waals surface area contributed by atoms with Crippen LogP contribution < -0.4 is 0 Å². The third-order valence-electron chi connectivity index (χ3n) is 3.59. The van der Waals surface area contributed by atoms with Gasteiger partial charge in [0.25, 0.3) is 0 Å². The molecule has 0 bridgehead atoms. The number of aliphatic hydroxyl groups excluding tert-OH is 1. The Morgan fingerprint density at radius 1 is 1.39 bits per heavy atom. The fraction of sp³-hybridized carbons (Fsp3) is 0.571. The smallest absolute Gasteiger partial charge is 0.127 e. The van der Waals surface area contributed by atoms with Crippen LogP contribution in [0.5, 0.6) is 0 Å². The third-order valence-corrected chi connectivity index (χ3v) is 4.09. The highest BCUT2D eigenvalue weighted by Gasteiger charge is 2.22. The Morgan fingerprint density at radius 2 is 2.22 bits per heavy atom. The van der Waals surface area contributed by atoms with Crippen molar-refractivity contribution in [1.82, 2.24) is 4.90 Å². The maximum Gasteiger partial charge on any atom is 0.127 e. The first-order valence-corrected chi connectivity index (χ1v) is 7.29. The summed E-state index contributed by atoms with van der Waals surface area (Å²) >= 11 is 3.38. The molecule has 1 saturated heterocycles. The SMILES string of the molecule is OCC[C@H]1CCCCN1Cc1cc(Br)ccc1F. The molecule has 1 N–H and O–H groups in total. The van der Waals surface area contributed by atoms with Gasteiger partial charge < -0.3 is 5.11 Å². The molecule has 0 saturated carbocycles. The first-order valence-electron chi connectivity index (χ1n) is 6.49. The van der Waals surface area contributed by atoms with Crippen LogP contribution in [-0.2, 0) is 6.54 Å². The Kier molecular flexibility index (Phi) is 5.15. The van der Waals surface area contributed by atoms with Crippen molar-refractivity contribution >= 4 is 15.9 Å². The molecular weight excluding hydrogens is 297 g/mol. The third kappa shape index (κ3) is 3.53. The van der Waals surface area contributed by atoms with Gasteiger partial charge in [-0.2, -0.15) is 0 Å². The molecule has 1 aliphatic heterocycles. The number of rotatable bonds is 4. The van der Waals surface area contributed by atoms with Gasteiger partial charge in [-0.25, -0.2) is 4.39 Å². The molecule has 1 heterocycles. The number of nitrogens with zero attached hydrogens (tertiary/aromatic N) is 1. The van der Waals surface area contributed by atoms with Crippen LogP contribution in [0.2, 0.25) is 0 Å². The molecule has 1 aliphatic rings. The van der Waals surface area contributed by atoms with Gasteiger partial charge in [-0.15, -0.1) is 0 Å². The van der Waals surface area contributed by atoms with E-state index in [4.69, 9.17) is 5.11 Å². The number of halogens is 2. The van der Waals surface area contributed by atoms with Crippen molar-refractivity contribution in [2.75, 3.05) is 13.2 Å². The Bertz CT molecular complexity index is 397. The van der Waals surface area contributed by atoms with E-state index in [0.717, 1.165) is 35.8 Å². The van der Waals surface area contributed by atoms with Crippen LogP contribution in [0.4, 0.5) is 4.39 Å². The molecule has 0 unspecified atom stereocenters. The van der Waals surface area contributed by atoms with Crippen molar-refractivity contribution < 1.29 is 9.50 Å². The fourth-order valence-electron chi connectivity index (χ4n) is 2.63. The van der Waals surface area contributed by atoms with Crippen LogP contribution in [0, 0.1) is 5.82 Å². The van der Waals surface area contributed by atoms with E-state index in [1.54, 1.807) is 6.07 Å². The molecule has 2 nitrogen and oxygen atoms in total. The molecule has 1 aromatic rings. The van der Waals surface area contributed by atoms with Crippen molar-refractivity contribution in [3.8, 4) is 0 Å². The number of piperidine rings is 1. The highest BCUT2D eigenvalue weighted by atomic mass is 79.9. The second-order valence-electron chi connectivity index (χ2n) is 4.87. The lowest BCUT2D eigenvalue weighted by Crippen LogP contribution is -2.39. The minimum atomic E-state index is -0.147. The number of hydrogen-bond donors (Lipinski definition) is 1. The number of hydrogen-bond acceptors (Lipinski definition) is 2. The summed E-state index contributed by atoms with van der Waals surface area (Å²) in [4.78, 5) is 2.30. The first-order chi connectivity index (χ1) is 8.70. The van der Waals surface area contributed by atoms with Crippen LogP contribution in [0.1, 0.15) is 31.2 Å². The first kappa shape index (κ1) is 14.0. The van der Waals surface area contributed by atoms with E-state index in [1.807, 2.05) is 6.07 Å². The van der Waals surface area contributed by atoms with E-state index in [9.17, 15) is 4.39 Å². The van der Waals surface area contributed by atoms with Gasteiger partial charge >= 0.3 is 0 Å². The Morgan fingerprint density at radius 3 is 3.00 bits per heavy atom. The molecule has 0 amide bonds. The highest BCUT2D eigenvalue weighted by molar-refractivity contribution is 9.10. The van der Waals surface area contributed by atoms with Crippen LogP contribution >= 0.6 is 15.9 Å². The van der Waals surface area contributed by atoms with Crippen LogP contribution in [0.15, 0.2) is 22.7 Å². The lowest BCUT2D eigenvalue weighted by molar-refractivity contribution is 0.111. The van der Waals surface area contributed by atoms with Crippen LogP contribution in [0.3, 0.4) is 0 Å². The summed E-state index contributed by atoms with van der Waals surface area (Å²) in [5.41, 5.74) is 0.731. The zero-order chi connectivity index (χ0) is 13.0. The molecule has 0 radical (unpaired) electrons. The van der Waals surface area contributed by atoms with Gasteiger partial charge in [0.05, 0.1) is 0 Å². The predicted molar refractivity (Wildman–Crippen MR) is 73.9 cm³/mol. The minimum Gasteiger partial charge on any atom is -0.396 e. The normalized spacial score (nSPS) is 21.2. The largest absolute Gasteiger partial charge is 0.396 e. The van der Waals surface area contributed by atoms with Gasteiger partial charge in [-0.3, -0.25) is 4.90 Å². The van der Waals surface area contributed by atoms with E-state index in [0.29, 0.717) is 12.6 Å². The maximum absolute atomic E-state index is 13.7. The molecule has 18 heavy (non-hydrogen) atoms. The second kappa shape index (κ2) is 6.64. The molecular formula is C14H19BrFNO. The molecule has 1 atom stereocenters. The number of likely N-dealkylation sites (tertiary alicyclic amines) is 1. The van der Waals surface area contributed by atoms with E-state index in [1.165, 1.54) is 12.5 Å². The topological polar surface area (TPSA) is 23.5 Å². The summed E-state index contributed by atoms with van der Waals surface area (Å²) in [5, 5.41) is 9.09. The van der Waals surface area contributed by atoms with Crippen molar-refractivity contribution in [3.63, 3.8) is 0 Å². The highest BCUT2D eigenvalue weighted by Crippen LogP contribution is 2.24. The van der Waals surface area contributed by atoms with Crippen molar-refractivity contribution in [2.45, 2.75) is 38.3 Å².